The van der Waals surface area contributed by atoms with Crippen LogP contribution in [0.2, 0.25) is 0 Å². The van der Waals surface area contributed by atoms with Gasteiger partial charge in [-0.1, -0.05) is 18.2 Å². The number of carbonyl (C=O) groups excluding carboxylic acids is 1. The molecule has 1 heterocycles. The van der Waals surface area contributed by atoms with Crippen LogP contribution >= 0.6 is 11.3 Å². The fraction of sp³-hybridized carbons (Fsp3) is 0. The first-order valence-electron chi connectivity index (χ1n) is 6.28. The van der Waals surface area contributed by atoms with Gasteiger partial charge in [0, 0.05) is 10.3 Å². The molecule has 2 aromatic carbocycles. The number of ether oxygens (including phenoxy) is 1. The molecule has 0 aliphatic carbocycles. The third-order valence-corrected chi connectivity index (χ3v) is 3.95. The molecular formula is C16H12N2O2S. The Morgan fingerprint density at radius 1 is 1.10 bits per heavy atom. The second-order valence-corrected chi connectivity index (χ2v) is 5.42. The number of esters is 1. The Labute approximate surface area is 125 Å². The Kier molecular flexibility index (Phi) is 3.41. The highest BCUT2D eigenvalue weighted by Crippen LogP contribution is 2.26. The molecule has 0 aliphatic heterocycles. The first kappa shape index (κ1) is 13.3. The Morgan fingerprint density at radius 2 is 1.86 bits per heavy atom. The molecule has 5 heteroatoms. The molecule has 3 N–H and O–H groups in total. The van der Waals surface area contributed by atoms with Crippen LogP contribution in [-0.2, 0) is 0 Å². The van der Waals surface area contributed by atoms with Crippen LogP contribution in [0.1, 0.15) is 15.9 Å². The first-order valence-corrected chi connectivity index (χ1v) is 7.16. The third-order valence-electron chi connectivity index (χ3n) is 3.08. The topological polar surface area (TPSA) is 76.2 Å². The zero-order valence-corrected chi connectivity index (χ0v) is 11.8. The van der Waals surface area contributed by atoms with Gasteiger partial charge in [0.15, 0.2) is 0 Å². The number of nitrogen functional groups attached to an aromatic ring is 1. The summed E-state index contributed by atoms with van der Waals surface area (Å²) in [5.41, 5.74) is 6.15. The Morgan fingerprint density at radius 3 is 2.62 bits per heavy atom. The van der Waals surface area contributed by atoms with Crippen LogP contribution in [-0.4, -0.2) is 11.8 Å². The van der Waals surface area contributed by atoms with Gasteiger partial charge < -0.3 is 10.5 Å². The molecule has 0 saturated carbocycles. The van der Waals surface area contributed by atoms with Crippen molar-refractivity contribution in [3.05, 3.63) is 65.0 Å². The quantitative estimate of drug-likeness (QED) is 0.336. The number of rotatable bonds is 3. The van der Waals surface area contributed by atoms with Crippen LogP contribution in [0.3, 0.4) is 0 Å². The van der Waals surface area contributed by atoms with E-state index >= 15 is 0 Å². The smallest absolute Gasteiger partial charge is 0.344 e. The lowest BCUT2D eigenvalue weighted by Crippen LogP contribution is -2.18. The largest absolute Gasteiger partial charge is 0.423 e. The fourth-order valence-corrected chi connectivity index (χ4v) is 2.87. The van der Waals surface area contributed by atoms with E-state index in [1.54, 1.807) is 41.7 Å². The molecule has 0 spiro atoms. The number of thiophene rings is 1. The van der Waals surface area contributed by atoms with E-state index in [1.807, 2.05) is 23.6 Å². The maximum absolute atomic E-state index is 12.2. The van der Waals surface area contributed by atoms with Gasteiger partial charge in [0.1, 0.15) is 11.6 Å². The van der Waals surface area contributed by atoms with Crippen molar-refractivity contribution in [3.63, 3.8) is 0 Å². The highest BCUT2D eigenvalue weighted by molar-refractivity contribution is 7.17. The van der Waals surface area contributed by atoms with E-state index < -0.39 is 5.97 Å². The lowest BCUT2D eigenvalue weighted by Gasteiger charge is -2.08. The number of nitrogens with one attached hydrogen (secondary N) is 1. The number of amidine groups is 1. The van der Waals surface area contributed by atoms with Gasteiger partial charge in [0.05, 0.1) is 5.56 Å². The fourth-order valence-electron chi connectivity index (χ4n) is 2.06. The number of benzene rings is 2. The Balaban J connectivity index is 1.91. The van der Waals surface area contributed by atoms with Gasteiger partial charge >= 0.3 is 5.97 Å². The minimum absolute atomic E-state index is 0.156. The number of carbonyl (C=O) groups is 1. The predicted molar refractivity (Wildman–Crippen MR) is 84.2 cm³/mol. The molecule has 3 aromatic rings. The SMILES string of the molecule is N=C(N)c1ccccc1C(=O)Oc1ccc2ccsc2c1. The van der Waals surface area contributed by atoms with Crippen LogP contribution in [0.25, 0.3) is 10.1 Å². The number of hydrogen-bond acceptors (Lipinski definition) is 4. The van der Waals surface area contributed by atoms with Gasteiger partial charge in [0.25, 0.3) is 0 Å². The van der Waals surface area contributed by atoms with E-state index in [4.69, 9.17) is 15.9 Å². The molecule has 4 nitrogen and oxygen atoms in total. The second-order valence-electron chi connectivity index (χ2n) is 4.47. The number of fused-ring (bicyclic) bond motifs is 1. The minimum Gasteiger partial charge on any atom is -0.423 e. The molecule has 0 fully saturated rings. The van der Waals surface area contributed by atoms with Crippen molar-refractivity contribution in [3.8, 4) is 5.75 Å². The summed E-state index contributed by atoms with van der Waals surface area (Å²) < 4.78 is 6.44. The summed E-state index contributed by atoms with van der Waals surface area (Å²) in [5.74, 6) is -0.193. The standard InChI is InChI=1S/C16H12N2O2S/c17-15(18)12-3-1-2-4-13(12)16(19)20-11-6-5-10-7-8-21-14(10)9-11/h1-9H,(H3,17,18). The Hall–Kier alpha value is -2.66. The van der Waals surface area contributed by atoms with E-state index in [0.29, 0.717) is 11.3 Å². The van der Waals surface area contributed by atoms with E-state index in [-0.39, 0.29) is 11.4 Å². The maximum atomic E-state index is 12.2. The molecule has 0 amide bonds. The average molecular weight is 296 g/mol. The second kappa shape index (κ2) is 5.38. The van der Waals surface area contributed by atoms with E-state index in [9.17, 15) is 4.79 Å². The molecule has 21 heavy (non-hydrogen) atoms. The monoisotopic (exact) mass is 296 g/mol. The molecule has 0 unspecified atom stereocenters. The van der Waals surface area contributed by atoms with Crippen LogP contribution in [0.15, 0.2) is 53.9 Å². The molecule has 1 aromatic heterocycles. The normalized spacial score (nSPS) is 10.5. The zero-order chi connectivity index (χ0) is 14.8. The molecule has 3 rings (SSSR count). The van der Waals surface area contributed by atoms with Crippen LogP contribution in [0.5, 0.6) is 5.75 Å². The number of hydrogen-bond donors (Lipinski definition) is 2. The van der Waals surface area contributed by atoms with Crippen molar-refractivity contribution in [1.29, 1.82) is 5.41 Å². The average Bonchev–Trinajstić information content (AvgIpc) is 2.94. The van der Waals surface area contributed by atoms with Gasteiger partial charge in [-0.25, -0.2) is 4.79 Å². The minimum atomic E-state index is -0.517. The van der Waals surface area contributed by atoms with Gasteiger partial charge in [-0.05, 0) is 41.1 Å². The lowest BCUT2D eigenvalue weighted by molar-refractivity contribution is 0.0735. The molecule has 0 radical (unpaired) electrons. The highest BCUT2D eigenvalue weighted by atomic mass is 32.1. The molecule has 0 bridgehead atoms. The maximum Gasteiger partial charge on any atom is 0.344 e. The summed E-state index contributed by atoms with van der Waals surface area (Å²) >= 11 is 1.59. The summed E-state index contributed by atoms with van der Waals surface area (Å²) in [7, 11) is 0. The highest BCUT2D eigenvalue weighted by Gasteiger charge is 2.15. The van der Waals surface area contributed by atoms with Gasteiger partial charge in [-0.15, -0.1) is 11.3 Å². The molecule has 0 aliphatic rings. The van der Waals surface area contributed by atoms with Crippen LogP contribution in [0.4, 0.5) is 0 Å². The molecule has 0 atom stereocenters. The van der Waals surface area contributed by atoms with E-state index in [0.717, 1.165) is 10.1 Å². The van der Waals surface area contributed by atoms with Gasteiger partial charge in [-0.3, -0.25) is 5.41 Å². The molecular weight excluding hydrogens is 284 g/mol. The van der Waals surface area contributed by atoms with Crippen molar-refractivity contribution in [2.75, 3.05) is 0 Å². The summed E-state index contributed by atoms with van der Waals surface area (Å²) in [6.07, 6.45) is 0. The Bertz CT molecular complexity index is 839. The number of nitrogens with two attached hydrogens (primary N) is 1. The van der Waals surface area contributed by atoms with Crippen molar-refractivity contribution >= 4 is 33.2 Å². The first-order chi connectivity index (χ1) is 10.1. The van der Waals surface area contributed by atoms with Crippen molar-refractivity contribution < 1.29 is 9.53 Å². The van der Waals surface area contributed by atoms with Gasteiger partial charge in [0.2, 0.25) is 0 Å². The van der Waals surface area contributed by atoms with Gasteiger partial charge in [-0.2, -0.15) is 0 Å². The summed E-state index contributed by atoms with van der Waals surface area (Å²) in [6.45, 7) is 0. The summed E-state index contributed by atoms with van der Waals surface area (Å²) in [5, 5.41) is 10.6. The van der Waals surface area contributed by atoms with Crippen LogP contribution in [0, 0.1) is 5.41 Å². The third kappa shape index (κ3) is 2.64. The summed E-state index contributed by atoms with van der Waals surface area (Å²) in [6, 6.07) is 14.2. The zero-order valence-electron chi connectivity index (χ0n) is 11.0. The van der Waals surface area contributed by atoms with Crippen molar-refractivity contribution in [1.82, 2.24) is 0 Å². The predicted octanol–water partition coefficient (Wildman–Crippen LogP) is 3.40. The van der Waals surface area contributed by atoms with Crippen LogP contribution < -0.4 is 10.5 Å². The van der Waals surface area contributed by atoms with Crippen molar-refractivity contribution in [2.45, 2.75) is 0 Å². The van der Waals surface area contributed by atoms with E-state index in [2.05, 4.69) is 0 Å². The lowest BCUT2D eigenvalue weighted by atomic mass is 10.1. The molecule has 104 valence electrons. The van der Waals surface area contributed by atoms with E-state index in [1.165, 1.54) is 0 Å². The molecule has 0 saturated heterocycles. The van der Waals surface area contributed by atoms with Crippen molar-refractivity contribution in [2.24, 2.45) is 5.73 Å². The summed E-state index contributed by atoms with van der Waals surface area (Å²) in [4.78, 5) is 12.2.